The Morgan fingerprint density at radius 2 is 1.94 bits per heavy atom. The van der Waals surface area contributed by atoms with Gasteiger partial charge in [-0.1, -0.05) is 18.2 Å². The Balaban J connectivity index is 1.39. The minimum Gasteiger partial charge on any atom is -0.379 e. The number of amides is 1. The van der Waals surface area contributed by atoms with Gasteiger partial charge >= 0.3 is 0 Å². The summed E-state index contributed by atoms with van der Waals surface area (Å²) < 4.78 is 32.7. The largest absolute Gasteiger partial charge is 0.379 e. The highest BCUT2D eigenvalue weighted by Crippen LogP contribution is 2.24. The Bertz CT molecular complexity index is 1330. The van der Waals surface area contributed by atoms with Crippen molar-refractivity contribution < 1.29 is 17.9 Å². The zero-order chi connectivity index (χ0) is 23.4. The third-order valence-corrected chi connectivity index (χ3v) is 7.58. The molecule has 10 heteroatoms. The number of carbonyl (C=O) groups is 1. The van der Waals surface area contributed by atoms with Gasteiger partial charge in [-0.3, -0.25) is 9.59 Å². The summed E-state index contributed by atoms with van der Waals surface area (Å²) in [6.07, 6.45) is 1.13. The van der Waals surface area contributed by atoms with Crippen molar-refractivity contribution in [1.29, 1.82) is 0 Å². The molecular formula is C23H26N4O5S. The lowest BCUT2D eigenvalue weighted by Gasteiger charge is -2.26. The van der Waals surface area contributed by atoms with E-state index >= 15 is 0 Å². The van der Waals surface area contributed by atoms with Crippen molar-refractivity contribution in [2.24, 2.45) is 0 Å². The number of fused-ring (bicyclic) bond motifs is 1. The number of rotatable bonds is 7. The van der Waals surface area contributed by atoms with Crippen LogP contribution in [0.5, 0.6) is 0 Å². The lowest BCUT2D eigenvalue weighted by atomic mass is 10.2. The van der Waals surface area contributed by atoms with Crippen molar-refractivity contribution in [3.8, 4) is 0 Å². The highest BCUT2D eigenvalue weighted by molar-refractivity contribution is 7.89. The highest BCUT2D eigenvalue weighted by Gasteiger charge is 2.28. The zero-order valence-corrected chi connectivity index (χ0v) is 19.2. The van der Waals surface area contributed by atoms with Gasteiger partial charge in [0.25, 0.3) is 5.56 Å². The van der Waals surface area contributed by atoms with Gasteiger partial charge in [-0.05, 0) is 43.2 Å². The van der Waals surface area contributed by atoms with E-state index in [0.717, 1.165) is 0 Å². The van der Waals surface area contributed by atoms with Gasteiger partial charge in [0.05, 0.1) is 29.0 Å². The van der Waals surface area contributed by atoms with Crippen molar-refractivity contribution in [2.75, 3.05) is 31.6 Å². The second-order valence-corrected chi connectivity index (χ2v) is 9.83. The fraction of sp³-hybridized carbons (Fsp3) is 0.348. The standard InChI is InChI=1S/C23H26N4O5S/c1-16-9-10-17(15-20(16)33(30,31)27-11-13-32-14-12-27)24-22(28)8-4-7-21-25-19-6-3-2-5-18(19)23(29)26-21/h2-3,5-6,9-10,15H,4,7-8,11-14H2,1H3,(H,24,28)(H,25,26,29). The first-order valence-electron chi connectivity index (χ1n) is 10.8. The monoisotopic (exact) mass is 470 g/mol. The number of hydrogen-bond acceptors (Lipinski definition) is 6. The molecule has 1 fully saturated rings. The number of benzene rings is 2. The van der Waals surface area contributed by atoms with Crippen LogP contribution in [0.1, 0.15) is 24.2 Å². The molecule has 3 aromatic rings. The molecule has 0 spiro atoms. The number of anilines is 1. The topological polar surface area (TPSA) is 121 Å². The van der Waals surface area contributed by atoms with Crippen molar-refractivity contribution in [1.82, 2.24) is 14.3 Å². The molecule has 0 saturated carbocycles. The van der Waals surface area contributed by atoms with Gasteiger partial charge in [0.2, 0.25) is 15.9 Å². The van der Waals surface area contributed by atoms with E-state index < -0.39 is 10.0 Å². The number of hydrogen-bond donors (Lipinski definition) is 2. The van der Waals surface area contributed by atoms with Crippen LogP contribution in [0.3, 0.4) is 0 Å². The van der Waals surface area contributed by atoms with Gasteiger partial charge in [-0.25, -0.2) is 13.4 Å². The first-order valence-corrected chi connectivity index (χ1v) is 12.2. The van der Waals surface area contributed by atoms with E-state index in [1.807, 2.05) is 6.07 Å². The molecule has 2 aromatic carbocycles. The highest BCUT2D eigenvalue weighted by atomic mass is 32.2. The van der Waals surface area contributed by atoms with E-state index in [9.17, 15) is 18.0 Å². The summed E-state index contributed by atoms with van der Waals surface area (Å²) in [4.78, 5) is 32.0. The fourth-order valence-corrected chi connectivity index (χ4v) is 5.43. The predicted molar refractivity (Wildman–Crippen MR) is 125 cm³/mol. The number of nitrogens with one attached hydrogen (secondary N) is 2. The van der Waals surface area contributed by atoms with Gasteiger partial charge in [-0.15, -0.1) is 0 Å². The Morgan fingerprint density at radius 3 is 2.73 bits per heavy atom. The minimum absolute atomic E-state index is 0.181. The maximum absolute atomic E-state index is 13.0. The third kappa shape index (κ3) is 5.29. The number of carbonyl (C=O) groups excluding carboxylic acids is 1. The molecule has 1 saturated heterocycles. The summed E-state index contributed by atoms with van der Waals surface area (Å²) in [6.45, 7) is 3.08. The van der Waals surface area contributed by atoms with E-state index in [-0.39, 0.29) is 22.8 Å². The molecule has 174 valence electrons. The molecular weight excluding hydrogens is 444 g/mol. The number of aryl methyl sites for hydroxylation is 2. The van der Waals surface area contributed by atoms with E-state index in [4.69, 9.17) is 4.74 Å². The zero-order valence-electron chi connectivity index (χ0n) is 18.3. The van der Waals surface area contributed by atoms with Crippen molar-refractivity contribution in [2.45, 2.75) is 31.1 Å². The number of para-hydroxylation sites is 1. The van der Waals surface area contributed by atoms with Crippen LogP contribution < -0.4 is 10.9 Å². The SMILES string of the molecule is Cc1ccc(NC(=O)CCCc2nc3ccccc3c(=O)[nH]2)cc1S(=O)(=O)N1CCOCC1. The Kier molecular flexibility index (Phi) is 6.87. The molecule has 1 aliphatic rings. The fourth-order valence-electron chi connectivity index (χ4n) is 3.77. The molecule has 0 atom stereocenters. The van der Waals surface area contributed by atoms with E-state index in [2.05, 4.69) is 15.3 Å². The Labute approximate surface area is 191 Å². The van der Waals surface area contributed by atoms with Crippen molar-refractivity contribution >= 4 is 32.5 Å². The number of ether oxygens (including phenoxy) is 1. The van der Waals surface area contributed by atoms with Crippen LogP contribution in [-0.4, -0.2) is 54.9 Å². The first-order chi connectivity index (χ1) is 15.8. The Hall–Kier alpha value is -3.08. The molecule has 0 bridgehead atoms. The molecule has 1 amide bonds. The van der Waals surface area contributed by atoms with Crippen LogP contribution >= 0.6 is 0 Å². The smallest absolute Gasteiger partial charge is 0.258 e. The maximum atomic E-state index is 13.0. The van der Waals surface area contributed by atoms with Crippen molar-refractivity contribution in [3.05, 3.63) is 64.2 Å². The number of nitrogens with zero attached hydrogens (tertiary/aromatic N) is 2. The molecule has 2 N–H and O–H groups in total. The summed E-state index contributed by atoms with van der Waals surface area (Å²) in [5, 5.41) is 3.30. The van der Waals surface area contributed by atoms with Crippen LogP contribution in [0.15, 0.2) is 52.2 Å². The normalized spacial score (nSPS) is 14.9. The van der Waals surface area contributed by atoms with E-state index in [0.29, 0.717) is 67.1 Å². The molecule has 1 aliphatic heterocycles. The first kappa shape index (κ1) is 23.1. The molecule has 2 heterocycles. The van der Waals surface area contributed by atoms with Crippen molar-refractivity contribution in [3.63, 3.8) is 0 Å². The maximum Gasteiger partial charge on any atom is 0.258 e. The molecule has 33 heavy (non-hydrogen) atoms. The van der Waals surface area contributed by atoms with Crippen LogP contribution in [0.25, 0.3) is 10.9 Å². The summed E-state index contributed by atoms with van der Waals surface area (Å²) in [5.74, 6) is 0.289. The minimum atomic E-state index is -3.67. The number of aromatic nitrogens is 2. The Morgan fingerprint density at radius 1 is 1.18 bits per heavy atom. The quantitative estimate of drug-likeness (QED) is 0.546. The summed E-state index contributed by atoms with van der Waals surface area (Å²) >= 11 is 0. The lowest BCUT2D eigenvalue weighted by molar-refractivity contribution is -0.116. The lowest BCUT2D eigenvalue weighted by Crippen LogP contribution is -2.40. The molecule has 4 rings (SSSR count). The number of H-pyrrole nitrogens is 1. The van der Waals surface area contributed by atoms with E-state index in [1.165, 1.54) is 10.4 Å². The average Bonchev–Trinajstić information content (AvgIpc) is 2.81. The predicted octanol–water partition coefficient (Wildman–Crippen LogP) is 2.21. The molecule has 0 aliphatic carbocycles. The average molecular weight is 471 g/mol. The number of morpholine rings is 1. The summed E-state index contributed by atoms with van der Waals surface area (Å²) in [5.41, 5.74) is 1.46. The van der Waals surface area contributed by atoms with Gasteiger partial charge in [-0.2, -0.15) is 4.31 Å². The van der Waals surface area contributed by atoms with Crippen LogP contribution in [-0.2, 0) is 26.0 Å². The number of aromatic amines is 1. The summed E-state index contributed by atoms with van der Waals surface area (Å²) in [7, 11) is -3.67. The summed E-state index contributed by atoms with van der Waals surface area (Å²) in [6, 6.07) is 12.0. The number of sulfonamides is 1. The second-order valence-electron chi connectivity index (χ2n) is 7.93. The molecule has 0 unspecified atom stereocenters. The van der Waals surface area contributed by atoms with Crippen LogP contribution in [0, 0.1) is 6.92 Å². The molecule has 9 nitrogen and oxygen atoms in total. The molecule has 1 aromatic heterocycles. The second kappa shape index (κ2) is 9.82. The van der Waals surface area contributed by atoms with Gasteiger partial charge in [0.1, 0.15) is 5.82 Å². The van der Waals surface area contributed by atoms with Crippen LogP contribution in [0.2, 0.25) is 0 Å². The van der Waals surface area contributed by atoms with Gasteiger partial charge < -0.3 is 15.0 Å². The molecule has 0 radical (unpaired) electrons. The third-order valence-electron chi connectivity index (χ3n) is 5.54. The van der Waals surface area contributed by atoms with Gasteiger partial charge in [0.15, 0.2) is 0 Å². The van der Waals surface area contributed by atoms with E-state index in [1.54, 1.807) is 37.3 Å². The van der Waals surface area contributed by atoms with Crippen LogP contribution in [0.4, 0.5) is 5.69 Å². The van der Waals surface area contributed by atoms with Gasteiger partial charge in [0, 0.05) is 31.6 Å².